The number of hydrogen-bond acceptors (Lipinski definition) is 8. The fraction of sp³-hybridized carbons (Fsp3) is 0.657. The molecule has 1 aromatic carbocycles. The molecule has 12 nitrogen and oxygen atoms in total. The highest BCUT2D eigenvalue weighted by molar-refractivity contribution is 7.89. The second-order valence-corrected chi connectivity index (χ2v) is 16.3. The molecule has 2 saturated heterocycles. The highest BCUT2D eigenvalue weighted by Gasteiger charge is 2.47. The third kappa shape index (κ3) is 9.26. The molecule has 14 heteroatoms. The second-order valence-electron chi connectivity index (χ2n) is 14.3. The molecule has 3 fully saturated rings. The van der Waals surface area contributed by atoms with Gasteiger partial charge in [0.2, 0.25) is 15.8 Å². The molecule has 3 heterocycles. The van der Waals surface area contributed by atoms with Gasteiger partial charge in [0.15, 0.2) is 0 Å². The highest BCUT2D eigenvalue weighted by atomic mass is 32.2. The van der Waals surface area contributed by atoms with Crippen LogP contribution in [-0.4, -0.2) is 97.3 Å². The zero-order chi connectivity index (χ0) is 35.3. The van der Waals surface area contributed by atoms with Gasteiger partial charge in [-0.1, -0.05) is 0 Å². The van der Waals surface area contributed by atoms with Crippen molar-refractivity contribution < 1.29 is 36.8 Å². The zero-order valence-corrected chi connectivity index (χ0v) is 30.1. The Morgan fingerprint density at radius 1 is 1.14 bits per heavy atom. The smallest absolute Gasteiger partial charge is 0.307 e. The summed E-state index contributed by atoms with van der Waals surface area (Å²) in [6.45, 7) is 12.7. The van der Waals surface area contributed by atoms with Crippen LogP contribution in [0.4, 0.5) is 10.2 Å². The Morgan fingerprint density at radius 3 is 2.45 bits per heavy atom. The quantitative estimate of drug-likeness (QED) is 0.280. The van der Waals surface area contributed by atoms with E-state index in [0.717, 1.165) is 71.2 Å². The first kappa shape index (κ1) is 36.9. The van der Waals surface area contributed by atoms with Crippen LogP contribution in [0.2, 0.25) is 0 Å². The van der Waals surface area contributed by atoms with Gasteiger partial charge in [-0.15, -0.1) is 0 Å². The SMILES string of the molecule is CCN(C(=O)c1cc(F)ccc1Oc1c[n+](CCC(=O)O)cnc1N1CC2(CCN(CC3CCC(NS(=O)(=O)CC)CC3)CC2)C1)C(C)C. The lowest BCUT2D eigenvalue weighted by molar-refractivity contribution is -0.698. The maximum Gasteiger partial charge on any atom is 0.307 e. The number of carboxylic acid groups (broad SMARTS) is 1. The molecule has 2 N–H and O–H groups in total. The molecule has 5 rings (SSSR count). The minimum absolute atomic E-state index is 0.0557. The first-order valence-electron chi connectivity index (χ1n) is 17.7. The molecule has 1 saturated carbocycles. The van der Waals surface area contributed by atoms with E-state index >= 15 is 0 Å². The van der Waals surface area contributed by atoms with Gasteiger partial charge in [-0.3, -0.25) is 9.59 Å². The van der Waals surface area contributed by atoms with Crippen LogP contribution >= 0.6 is 0 Å². The van der Waals surface area contributed by atoms with Gasteiger partial charge in [-0.2, -0.15) is 0 Å². The molecule has 0 unspecified atom stereocenters. The van der Waals surface area contributed by atoms with Crippen molar-refractivity contribution in [3.8, 4) is 11.5 Å². The number of piperidine rings is 1. The van der Waals surface area contributed by atoms with Crippen molar-refractivity contribution in [3.05, 3.63) is 42.1 Å². The van der Waals surface area contributed by atoms with Crippen LogP contribution in [0.1, 0.15) is 83.0 Å². The summed E-state index contributed by atoms with van der Waals surface area (Å²) < 4.78 is 49.2. The van der Waals surface area contributed by atoms with Gasteiger partial charge < -0.3 is 24.5 Å². The maximum atomic E-state index is 14.4. The van der Waals surface area contributed by atoms with Gasteiger partial charge in [-0.05, 0) is 108 Å². The van der Waals surface area contributed by atoms with Gasteiger partial charge in [0.25, 0.3) is 18.1 Å². The van der Waals surface area contributed by atoms with E-state index in [1.54, 1.807) is 28.9 Å². The van der Waals surface area contributed by atoms with Crippen molar-refractivity contribution in [2.24, 2.45) is 11.3 Å². The number of carbonyl (C=O) groups is 2. The second kappa shape index (κ2) is 15.7. The van der Waals surface area contributed by atoms with Crippen LogP contribution < -0.4 is 18.9 Å². The normalized spacial score (nSPS) is 21.1. The molecule has 3 aliphatic rings. The number of ether oxygens (including phenoxy) is 1. The summed E-state index contributed by atoms with van der Waals surface area (Å²) in [6, 6.07) is 3.88. The lowest BCUT2D eigenvalue weighted by atomic mass is 9.71. The summed E-state index contributed by atoms with van der Waals surface area (Å²) in [5.41, 5.74) is 0.280. The minimum atomic E-state index is -3.17. The van der Waals surface area contributed by atoms with Crippen molar-refractivity contribution in [1.29, 1.82) is 0 Å². The standard InChI is InChI=1S/C35H51FN6O6S/c1-5-42(25(3)4)34(45)29-19-27(36)9-12-30(29)48-31-21-40(16-13-32(43)44)24-37-33(31)41-22-35(23-41)14-17-39(18-15-35)20-26-7-10-28(11-8-26)38-49(46,47)6-2/h9,12,19,21,24-26,28,38H,5-8,10-11,13-18,20,22-23H2,1-4H3/p+1. The summed E-state index contributed by atoms with van der Waals surface area (Å²) in [4.78, 5) is 35.8. The predicted octanol–water partition coefficient (Wildman–Crippen LogP) is 4.05. The van der Waals surface area contributed by atoms with Crippen LogP contribution in [0, 0.1) is 17.2 Å². The van der Waals surface area contributed by atoms with Crippen LogP contribution in [0.25, 0.3) is 0 Å². The number of hydrogen-bond donors (Lipinski definition) is 2. The number of aliphatic carboxylic acids is 1. The Balaban J connectivity index is 1.24. The third-order valence-corrected chi connectivity index (χ3v) is 11.8. The molecule has 0 bridgehead atoms. The van der Waals surface area contributed by atoms with Crippen LogP contribution in [0.3, 0.4) is 0 Å². The van der Waals surface area contributed by atoms with Crippen LogP contribution in [0.5, 0.6) is 11.5 Å². The summed E-state index contributed by atoms with van der Waals surface area (Å²) >= 11 is 0. The summed E-state index contributed by atoms with van der Waals surface area (Å²) in [5, 5.41) is 9.24. The topological polar surface area (TPSA) is 136 Å². The van der Waals surface area contributed by atoms with E-state index in [0.29, 0.717) is 24.0 Å². The third-order valence-electron chi connectivity index (χ3n) is 10.4. The average Bonchev–Trinajstić information content (AvgIpc) is 3.05. The fourth-order valence-electron chi connectivity index (χ4n) is 7.47. The van der Waals surface area contributed by atoms with E-state index in [4.69, 9.17) is 9.72 Å². The largest absolute Gasteiger partial charge is 0.481 e. The van der Waals surface area contributed by atoms with Crippen LogP contribution in [0.15, 0.2) is 30.7 Å². The highest BCUT2D eigenvalue weighted by Crippen LogP contribution is 2.45. The van der Waals surface area contributed by atoms with Crippen LogP contribution in [-0.2, 0) is 21.4 Å². The van der Waals surface area contributed by atoms with E-state index in [9.17, 15) is 27.5 Å². The Kier molecular flexibility index (Phi) is 11.8. The van der Waals surface area contributed by atoms with E-state index < -0.39 is 21.8 Å². The molecule has 1 aliphatic carbocycles. The molecule has 2 aliphatic heterocycles. The number of sulfonamides is 1. The number of aryl methyl sites for hydroxylation is 1. The molecule has 270 valence electrons. The van der Waals surface area contributed by atoms with Gasteiger partial charge in [0.1, 0.15) is 24.3 Å². The van der Waals surface area contributed by atoms with E-state index in [1.807, 2.05) is 20.8 Å². The number of carboxylic acids is 1. The van der Waals surface area contributed by atoms with Crippen molar-refractivity contribution in [2.75, 3.05) is 49.9 Å². The van der Waals surface area contributed by atoms with Gasteiger partial charge >= 0.3 is 5.97 Å². The Hall–Kier alpha value is -3.36. The fourth-order valence-corrected chi connectivity index (χ4v) is 8.38. The van der Waals surface area contributed by atoms with Crippen molar-refractivity contribution in [2.45, 2.75) is 91.3 Å². The summed E-state index contributed by atoms with van der Waals surface area (Å²) in [7, 11) is -3.17. The van der Waals surface area contributed by atoms with E-state index in [-0.39, 0.29) is 53.4 Å². The summed E-state index contributed by atoms with van der Waals surface area (Å²) in [5.74, 6) is 0.102. The van der Waals surface area contributed by atoms with Gasteiger partial charge in [-0.25, -0.2) is 22.1 Å². The number of aromatic nitrogens is 2. The Labute approximate surface area is 289 Å². The number of rotatable bonds is 14. The van der Waals surface area contributed by atoms with Crippen molar-refractivity contribution >= 4 is 27.7 Å². The predicted molar refractivity (Wildman–Crippen MR) is 184 cm³/mol. The zero-order valence-electron chi connectivity index (χ0n) is 29.2. The molecule has 2 aromatic rings. The molecular weight excluding hydrogens is 651 g/mol. The Morgan fingerprint density at radius 2 is 1.84 bits per heavy atom. The minimum Gasteiger partial charge on any atom is -0.481 e. The van der Waals surface area contributed by atoms with E-state index in [2.05, 4.69) is 14.5 Å². The molecule has 0 atom stereocenters. The molecule has 1 amide bonds. The lowest BCUT2D eigenvalue weighted by Gasteiger charge is -2.54. The number of likely N-dealkylation sites (tertiary alicyclic amines) is 1. The maximum absolute atomic E-state index is 14.4. The number of amides is 1. The molecule has 0 radical (unpaired) electrons. The number of carbonyl (C=O) groups excluding carboxylic acids is 1. The molecule has 1 spiro atoms. The molecule has 1 aromatic heterocycles. The first-order valence-corrected chi connectivity index (χ1v) is 19.3. The number of benzene rings is 1. The number of nitrogens with zero attached hydrogens (tertiary/aromatic N) is 5. The molecular formula is C35H52FN6O6S+. The Bertz CT molecular complexity index is 1580. The van der Waals surface area contributed by atoms with E-state index in [1.165, 1.54) is 18.2 Å². The van der Waals surface area contributed by atoms with Crippen molar-refractivity contribution in [1.82, 2.24) is 19.5 Å². The van der Waals surface area contributed by atoms with Gasteiger partial charge in [0, 0.05) is 43.7 Å². The average molecular weight is 704 g/mol. The summed E-state index contributed by atoms with van der Waals surface area (Å²) in [6.07, 6.45) is 9.21. The number of halogens is 1. The first-order chi connectivity index (χ1) is 23.3. The molecule has 49 heavy (non-hydrogen) atoms. The van der Waals surface area contributed by atoms with Gasteiger partial charge in [0.05, 0.1) is 17.7 Å². The number of nitrogens with one attached hydrogen (secondary N) is 1. The number of anilines is 1. The lowest BCUT2D eigenvalue weighted by Crippen LogP contribution is -2.61. The monoisotopic (exact) mass is 703 g/mol. The van der Waals surface area contributed by atoms with Crippen molar-refractivity contribution in [3.63, 3.8) is 0 Å².